The predicted molar refractivity (Wildman–Crippen MR) is 80.0 cm³/mol. The van der Waals surface area contributed by atoms with Crippen LogP contribution in [0.5, 0.6) is 0 Å². The van der Waals surface area contributed by atoms with E-state index in [0.29, 0.717) is 0 Å². The molecule has 0 unspecified atom stereocenters. The summed E-state index contributed by atoms with van der Waals surface area (Å²) in [6.07, 6.45) is 0. The Morgan fingerprint density at radius 2 is 1.68 bits per heavy atom. The zero-order valence-electron chi connectivity index (χ0n) is 12.0. The number of amides is 1. The van der Waals surface area contributed by atoms with E-state index in [0.717, 1.165) is 5.56 Å². The molecule has 0 heterocycles. The van der Waals surface area contributed by atoms with Crippen molar-refractivity contribution in [1.82, 2.24) is 5.32 Å². The van der Waals surface area contributed by atoms with Crippen molar-refractivity contribution in [2.75, 3.05) is 0 Å². The monoisotopic (exact) mass is 255 g/mol. The quantitative estimate of drug-likeness (QED) is 0.861. The largest absolute Gasteiger partial charge is 0.349 e. The second-order valence-corrected chi connectivity index (χ2v) is 6.01. The van der Waals surface area contributed by atoms with Crippen LogP contribution in [0.15, 0.2) is 42.5 Å². The highest BCUT2D eigenvalue weighted by molar-refractivity contribution is 5.87. The van der Waals surface area contributed by atoms with Crippen LogP contribution >= 0.6 is 0 Å². The lowest BCUT2D eigenvalue weighted by atomic mass is 9.94. The molecule has 1 amide bonds. The Morgan fingerprint density at radius 1 is 1.05 bits per heavy atom. The molecule has 0 saturated carbocycles. The molecule has 0 spiro atoms. The Bertz CT molecular complexity index is 590. The average molecular weight is 255 g/mol. The maximum absolute atomic E-state index is 12.1. The Balaban J connectivity index is 2.32. The highest BCUT2D eigenvalue weighted by Gasteiger charge is 2.23. The van der Waals surface area contributed by atoms with E-state index in [1.807, 2.05) is 45.9 Å². The molecule has 0 aromatic heterocycles. The number of carbonyl (C=O) groups is 1. The van der Waals surface area contributed by atoms with Gasteiger partial charge in [-0.05, 0) is 23.3 Å². The highest BCUT2D eigenvalue weighted by Crippen LogP contribution is 2.25. The van der Waals surface area contributed by atoms with Crippen LogP contribution in [0, 0.1) is 5.41 Å². The van der Waals surface area contributed by atoms with E-state index >= 15 is 0 Å². The summed E-state index contributed by atoms with van der Waals surface area (Å²) in [7, 11) is 0. The molecule has 2 aromatic carbocycles. The van der Waals surface area contributed by atoms with E-state index in [2.05, 4.69) is 29.6 Å². The molecule has 1 N–H and O–H groups in total. The van der Waals surface area contributed by atoms with Crippen LogP contribution in [0.3, 0.4) is 0 Å². The van der Waals surface area contributed by atoms with Crippen molar-refractivity contribution in [3.8, 4) is 0 Å². The molecule has 0 fully saturated rings. The number of hydrogen-bond acceptors (Lipinski definition) is 1. The Kier molecular flexibility index (Phi) is 3.61. The molecule has 2 heteroatoms. The number of carbonyl (C=O) groups excluding carboxylic acids is 1. The summed E-state index contributed by atoms with van der Waals surface area (Å²) in [5, 5.41) is 5.50. The maximum atomic E-state index is 12.1. The van der Waals surface area contributed by atoms with Crippen molar-refractivity contribution in [2.45, 2.75) is 33.7 Å². The van der Waals surface area contributed by atoms with Gasteiger partial charge >= 0.3 is 0 Å². The number of fused-ring (bicyclic) bond motifs is 1. The van der Waals surface area contributed by atoms with Crippen LogP contribution in [0.2, 0.25) is 0 Å². The second kappa shape index (κ2) is 5.04. The van der Waals surface area contributed by atoms with E-state index in [9.17, 15) is 4.79 Å². The third-order valence-corrected chi connectivity index (χ3v) is 3.32. The summed E-state index contributed by atoms with van der Waals surface area (Å²) < 4.78 is 0. The van der Waals surface area contributed by atoms with E-state index < -0.39 is 0 Å². The Hall–Kier alpha value is -1.83. The topological polar surface area (TPSA) is 29.1 Å². The average Bonchev–Trinajstić information content (AvgIpc) is 2.36. The molecule has 0 saturated heterocycles. The minimum Gasteiger partial charge on any atom is -0.349 e. The van der Waals surface area contributed by atoms with E-state index in [1.54, 1.807) is 0 Å². The van der Waals surface area contributed by atoms with Gasteiger partial charge in [0.15, 0.2) is 0 Å². The van der Waals surface area contributed by atoms with Gasteiger partial charge in [0.1, 0.15) is 0 Å². The zero-order valence-corrected chi connectivity index (χ0v) is 12.0. The smallest absolute Gasteiger partial charge is 0.225 e. The van der Waals surface area contributed by atoms with E-state index in [-0.39, 0.29) is 17.4 Å². The van der Waals surface area contributed by atoms with Crippen LogP contribution in [0.1, 0.15) is 39.3 Å². The molecule has 1 atom stereocenters. The summed E-state index contributed by atoms with van der Waals surface area (Å²) >= 11 is 0. The summed E-state index contributed by atoms with van der Waals surface area (Å²) in [6, 6.07) is 14.5. The molecule has 0 aliphatic heterocycles. The molecular weight excluding hydrogens is 234 g/mol. The number of nitrogens with one attached hydrogen (secondary N) is 1. The SMILES string of the molecule is C[C@@H](NC(=O)C(C)(C)C)c1cccc2ccccc12. The lowest BCUT2D eigenvalue weighted by Crippen LogP contribution is -2.36. The van der Waals surface area contributed by atoms with Gasteiger partial charge in [-0.1, -0.05) is 63.2 Å². The fraction of sp³-hybridized carbons (Fsp3) is 0.353. The maximum Gasteiger partial charge on any atom is 0.225 e. The van der Waals surface area contributed by atoms with Crippen molar-refractivity contribution >= 4 is 16.7 Å². The van der Waals surface area contributed by atoms with Crippen LogP contribution in [0.25, 0.3) is 10.8 Å². The van der Waals surface area contributed by atoms with Gasteiger partial charge in [0.2, 0.25) is 5.91 Å². The van der Waals surface area contributed by atoms with Gasteiger partial charge in [-0.15, -0.1) is 0 Å². The molecular formula is C17H21NO. The third-order valence-electron chi connectivity index (χ3n) is 3.32. The first kappa shape index (κ1) is 13.6. The molecule has 2 aromatic rings. The van der Waals surface area contributed by atoms with Crippen LogP contribution in [0.4, 0.5) is 0 Å². The Morgan fingerprint density at radius 3 is 2.37 bits per heavy atom. The lowest BCUT2D eigenvalue weighted by molar-refractivity contribution is -0.129. The minimum absolute atomic E-state index is 0.0119. The number of rotatable bonds is 2. The molecule has 2 rings (SSSR count). The normalized spacial score (nSPS) is 13.3. The predicted octanol–water partition coefficient (Wildman–Crippen LogP) is 4.06. The van der Waals surface area contributed by atoms with Gasteiger partial charge in [-0.3, -0.25) is 4.79 Å². The van der Waals surface area contributed by atoms with Crippen LogP contribution in [-0.2, 0) is 4.79 Å². The Labute approximate surface area is 114 Å². The molecule has 100 valence electrons. The molecule has 0 bridgehead atoms. The van der Waals surface area contributed by atoms with Crippen molar-refractivity contribution < 1.29 is 4.79 Å². The van der Waals surface area contributed by atoms with Crippen molar-refractivity contribution in [3.63, 3.8) is 0 Å². The second-order valence-electron chi connectivity index (χ2n) is 6.01. The molecule has 2 nitrogen and oxygen atoms in total. The van der Waals surface area contributed by atoms with Gasteiger partial charge in [0.25, 0.3) is 0 Å². The van der Waals surface area contributed by atoms with Crippen molar-refractivity contribution in [2.24, 2.45) is 5.41 Å². The van der Waals surface area contributed by atoms with Gasteiger partial charge in [-0.25, -0.2) is 0 Å². The standard InChI is InChI=1S/C17H21NO/c1-12(18-16(19)17(2,3)4)14-11-7-9-13-8-5-6-10-15(13)14/h5-12H,1-4H3,(H,18,19)/t12-/m1/s1. The molecule has 0 aliphatic rings. The highest BCUT2D eigenvalue weighted by atomic mass is 16.2. The van der Waals surface area contributed by atoms with E-state index in [4.69, 9.17) is 0 Å². The van der Waals surface area contributed by atoms with Gasteiger partial charge in [-0.2, -0.15) is 0 Å². The van der Waals surface area contributed by atoms with Crippen LogP contribution < -0.4 is 5.32 Å². The minimum atomic E-state index is -0.362. The summed E-state index contributed by atoms with van der Waals surface area (Å²) in [4.78, 5) is 12.1. The van der Waals surface area contributed by atoms with Gasteiger partial charge in [0, 0.05) is 5.41 Å². The molecule has 0 radical (unpaired) electrons. The van der Waals surface area contributed by atoms with Crippen molar-refractivity contribution in [1.29, 1.82) is 0 Å². The summed E-state index contributed by atoms with van der Waals surface area (Å²) in [5.74, 6) is 0.0768. The van der Waals surface area contributed by atoms with Gasteiger partial charge < -0.3 is 5.32 Å². The van der Waals surface area contributed by atoms with Crippen LogP contribution in [-0.4, -0.2) is 5.91 Å². The number of benzene rings is 2. The summed E-state index contributed by atoms with van der Waals surface area (Å²) in [6.45, 7) is 7.82. The lowest BCUT2D eigenvalue weighted by Gasteiger charge is -2.23. The first-order valence-electron chi connectivity index (χ1n) is 6.68. The van der Waals surface area contributed by atoms with Gasteiger partial charge in [0.05, 0.1) is 6.04 Å². The third kappa shape index (κ3) is 2.95. The molecule has 0 aliphatic carbocycles. The molecule has 19 heavy (non-hydrogen) atoms. The fourth-order valence-electron chi connectivity index (χ4n) is 2.12. The number of hydrogen-bond donors (Lipinski definition) is 1. The summed E-state index contributed by atoms with van der Waals surface area (Å²) in [5.41, 5.74) is 0.800. The zero-order chi connectivity index (χ0) is 14.0. The first-order valence-corrected chi connectivity index (χ1v) is 6.68. The van der Waals surface area contributed by atoms with E-state index in [1.165, 1.54) is 10.8 Å². The first-order chi connectivity index (χ1) is 8.89. The van der Waals surface area contributed by atoms with Crippen molar-refractivity contribution in [3.05, 3.63) is 48.0 Å². The fourth-order valence-corrected chi connectivity index (χ4v) is 2.12.